The smallest absolute Gasteiger partial charge is 0.313 e. The van der Waals surface area contributed by atoms with Crippen molar-refractivity contribution in [1.29, 1.82) is 0 Å². The lowest BCUT2D eigenvalue weighted by molar-refractivity contribution is -0.147. The average Bonchev–Trinajstić information content (AvgIpc) is 3.05. The lowest BCUT2D eigenvalue weighted by Gasteiger charge is -2.09. The van der Waals surface area contributed by atoms with Crippen molar-refractivity contribution in [2.45, 2.75) is 51.6 Å². The summed E-state index contributed by atoms with van der Waals surface area (Å²) in [6.45, 7) is 3.88. The van der Waals surface area contributed by atoms with E-state index >= 15 is 0 Å². The van der Waals surface area contributed by atoms with Crippen molar-refractivity contribution in [1.82, 2.24) is 14.8 Å². The minimum Gasteiger partial charge on any atom is -0.462 e. The van der Waals surface area contributed by atoms with Gasteiger partial charge >= 0.3 is 5.97 Å². The summed E-state index contributed by atoms with van der Waals surface area (Å²) in [5, 5.41) is 4.32. The van der Waals surface area contributed by atoms with Crippen molar-refractivity contribution < 1.29 is 9.53 Å². The Balaban J connectivity index is 1.95. The van der Waals surface area contributed by atoms with E-state index in [0.29, 0.717) is 11.7 Å². The van der Waals surface area contributed by atoms with Crippen molar-refractivity contribution in [2.24, 2.45) is 7.05 Å². The molecule has 94 valence electrons. The summed E-state index contributed by atoms with van der Waals surface area (Å²) in [7, 11) is 1.82. The van der Waals surface area contributed by atoms with Crippen LogP contribution < -0.4 is 0 Å². The molecule has 0 saturated heterocycles. The van der Waals surface area contributed by atoms with Crippen molar-refractivity contribution >= 4 is 5.97 Å². The number of aryl methyl sites for hydroxylation is 1. The van der Waals surface area contributed by atoms with Crippen molar-refractivity contribution in [2.75, 3.05) is 0 Å². The predicted octanol–water partition coefficient (Wildman–Crippen LogP) is 1.58. The summed E-state index contributed by atoms with van der Waals surface area (Å²) in [5.74, 6) is 1.86. The Morgan fingerprint density at radius 3 is 2.88 bits per heavy atom. The molecule has 0 spiro atoms. The van der Waals surface area contributed by atoms with Gasteiger partial charge in [0.2, 0.25) is 0 Å². The van der Waals surface area contributed by atoms with Crippen LogP contribution in [-0.2, 0) is 23.0 Å². The highest BCUT2D eigenvalue weighted by Gasteiger charge is 2.28. The highest BCUT2D eigenvalue weighted by atomic mass is 16.5. The molecule has 0 aromatic carbocycles. The van der Waals surface area contributed by atoms with Gasteiger partial charge in [-0.05, 0) is 26.2 Å². The molecule has 5 heteroatoms. The van der Waals surface area contributed by atoms with Crippen LogP contribution in [0.1, 0.15) is 50.7 Å². The van der Waals surface area contributed by atoms with Crippen molar-refractivity contribution in [3.63, 3.8) is 0 Å². The fourth-order valence-corrected chi connectivity index (χ4v) is 1.59. The maximum atomic E-state index is 11.6. The SMILES string of the molecule is CCC(C)OC(=O)Cc1nc(C2CC2)nn1C. The summed E-state index contributed by atoms with van der Waals surface area (Å²) in [5.41, 5.74) is 0. The van der Waals surface area contributed by atoms with Gasteiger partial charge in [0, 0.05) is 13.0 Å². The molecule has 5 nitrogen and oxygen atoms in total. The highest BCUT2D eigenvalue weighted by molar-refractivity contribution is 5.71. The van der Waals surface area contributed by atoms with E-state index in [0.717, 1.165) is 12.2 Å². The molecule has 2 rings (SSSR count). The molecule has 0 radical (unpaired) electrons. The van der Waals surface area contributed by atoms with Crippen LogP contribution >= 0.6 is 0 Å². The van der Waals surface area contributed by atoms with Crippen LogP contribution in [0.15, 0.2) is 0 Å². The Morgan fingerprint density at radius 2 is 2.29 bits per heavy atom. The maximum Gasteiger partial charge on any atom is 0.313 e. The number of hydrogen-bond donors (Lipinski definition) is 0. The second-order valence-corrected chi connectivity index (χ2v) is 4.67. The third-order valence-electron chi connectivity index (χ3n) is 3.02. The van der Waals surface area contributed by atoms with E-state index in [4.69, 9.17) is 4.74 Å². The first-order valence-electron chi connectivity index (χ1n) is 6.19. The molecule has 1 aliphatic carbocycles. The Morgan fingerprint density at radius 1 is 1.59 bits per heavy atom. The molecule has 0 bridgehead atoms. The monoisotopic (exact) mass is 237 g/mol. The molecule has 1 unspecified atom stereocenters. The van der Waals surface area contributed by atoms with E-state index < -0.39 is 0 Å². The van der Waals surface area contributed by atoms with Crippen molar-refractivity contribution in [3.05, 3.63) is 11.6 Å². The van der Waals surface area contributed by atoms with E-state index in [1.165, 1.54) is 12.8 Å². The standard InChI is InChI=1S/C12H19N3O2/c1-4-8(2)17-11(16)7-10-13-12(9-5-6-9)14-15(10)3/h8-9H,4-7H2,1-3H3. The van der Waals surface area contributed by atoms with Gasteiger partial charge in [0.05, 0.1) is 6.10 Å². The number of aromatic nitrogens is 3. The third-order valence-corrected chi connectivity index (χ3v) is 3.02. The van der Waals surface area contributed by atoms with Crippen LogP contribution in [0.25, 0.3) is 0 Å². The summed E-state index contributed by atoms with van der Waals surface area (Å²) >= 11 is 0. The predicted molar refractivity (Wildman–Crippen MR) is 62.5 cm³/mol. The molecule has 17 heavy (non-hydrogen) atoms. The molecule has 1 saturated carbocycles. The van der Waals surface area contributed by atoms with Gasteiger partial charge in [0.1, 0.15) is 12.2 Å². The average molecular weight is 237 g/mol. The molecular weight excluding hydrogens is 218 g/mol. The van der Waals surface area contributed by atoms with Gasteiger partial charge in [-0.3, -0.25) is 9.48 Å². The number of carbonyl (C=O) groups excluding carboxylic acids is 1. The minimum absolute atomic E-state index is 0.0290. The molecular formula is C12H19N3O2. The number of rotatable bonds is 5. The molecule has 0 N–H and O–H groups in total. The fourth-order valence-electron chi connectivity index (χ4n) is 1.59. The Kier molecular flexibility index (Phi) is 3.45. The zero-order chi connectivity index (χ0) is 12.4. The second-order valence-electron chi connectivity index (χ2n) is 4.67. The van der Waals surface area contributed by atoms with E-state index in [1.807, 2.05) is 20.9 Å². The number of esters is 1. The second kappa shape index (κ2) is 4.85. The van der Waals surface area contributed by atoms with Crippen LogP contribution in [0.5, 0.6) is 0 Å². The fraction of sp³-hybridized carbons (Fsp3) is 0.750. The molecule has 1 aliphatic rings. The lowest BCUT2D eigenvalue weighted by atomic mass is 10.3. The summed E-state index contributed by atoms with van der Waals surface area (Å²) in [6, 6.07) is 0. The van der Waals surface area contributed by atoms with E-state index in [-0.39, 0.29) is 18.5 Å². The Bertz CT molecular complexity index is 410. The van der Waals surface area contributed by atoms with Crippen molar-refractivity contribution in [3.8, 4) is 0 Å². The van der Waals surface area contributed by atoms with Gasteiger partial charge in [0.15, 0.2) is 5.82 Å². The first-order valence-corrected chi connectivity index (χ1v) is 6.19. The van der Waals surface area contributed by atoms with Gasteiger partial charge in [-0.15, -0.1) is 0 Å². The van der Waals surface area contributed by atoms with E-state index in [9.17, 15) is 4.79 Å². The number of ether oxygens (including phenoxy) is 1. The Hall–Kier alpha value is -1.39. The van der Waals surface area contributed by atoms with Crippen LogP contribution in [0.2, 0.25) is 0 Å². The number of hydrogen-bond acceptors (Lipinski definition) is 4. The summed E-state index contributed by atoms with van der Waals surface area (Å²) in [4.78, 5) is 16.0. The van der Waals surface area contributed by atoms with Gasteiger partial charge in [-0.25, -0.2) is 4.98 Å². The normalized spacial score (nSPS) is 16.9. The minimum atomic E-state index is -0.225. The molecule has 1 atom stereocenters. The molecule has 0 amide bonds. The van der Waals surface area contributed by atoms with Crippen LogP contribution in [0.4, 0.5) is 0 Å². The first-order chi connectivity index (χ1) is 8.10. The quantitative estimate of drug-likeness (QED) is 0.729. The first kappa shape index (κ1) is 12.1. The number of carbonyl (C=O) groups is 1. The van der Waals surface area contributed by atoms with Crippen LogP contribution in [0, 0.1) is 0 Å². The van der Waals surface area contributed by atoms with E-state index in [1.54, 1.807) is 4.68 Å². The van der Waals surface area contributed by atoms with E-state index in [2.05, 4.69) is 10.1 Å². The van der Waals surface area contributed by atoms with Crippen LogP contribution in [-0.4, -0.2) is 26.8 Å². The molecule has 1 aromatic rings. The maximum absolute atomic E-state index is 11.6. The van der Waals surface area contributed by atoms with Crippen LogP contribution in [0.3, 0.4) is 0 Å². The molecule has 1 fully saturated rings. The molecule has 1 aromatic heterocycles. The molecule has 0 aliphatic heterocycles. The number of nitrogens with zero attached hydrogens (tertiary/aromatic N) is 3. The summed E-state index contributed by atoms with van der Waals surface area (Å²) < 4.78 is 6.91. The van der Waals surface area contributed by atoms with Gasteiger partial charge in [-0.2, -0.15) is 5.10 Å². The largest absolute Gasteiger partial charge is 0.462 e. The van der Waals surface area contributed by atoms with Gasteiger partial charge in [-0.1, -0.05) is 6.92 Å². The highest BCUT2D eigenvalue weighted by Crippen LogP contribution is 2.37. The molecule has 1 heterocycles. The zero-order valence-electron chi connectivity index (χ0n) is 10.6. The topological polar surface area (TPSA) is 57.0 Å². The van der Waals surface area contributed by atoms with Gasteiger partial charge in [0.25, 0.3) is 0 Å². The zero-order valence-corrected chi connectivity index (χ0v) is 10.6. The Labute approximate surface area is 101 Å². The van der Waals surface area contributed by atoms with Gasteiger partial charge < -0.3 is 4.74 Å². The summed E-state index contributed by atoms with van der Waals surface area (Å²) in [6.07, 6.45) is 3.35. The lowest BCUT2D eigenvalue weighted by Crippen LogP contribution is -2.17. The third kappa shape index (κ3) is 3.05.